The molecule has 1 aliphatic heterocycles. The molecule has 0 spiro atoms. The molecule has 1 aromatic carbocycles. The van der Waals surface area contributed by atoms with Crippen molar-refractivity contribution in [2.24, 2.45) is 5.73 Å². The molecule has 1 saturated heterocycles. The fourth-order valence-corrected chi connectivity index (χ4v) is 2.73. The number of halogens is 3. The number of aryl methyl sites for hydroxylation is 1. The Hall–Kier alpha value is -1.07. The predicted molar refractivity (Wildman–Crippen MR) is 71.3 cm³/mol. The summed E-state index contributed by atoms with van der Waals surface area (Å²) >= 11 is 0. The first-order valence-corrected chi connectivity index (χ1v) is 6.81. The molecule has 2 rings (SSSR count). The van der Waals surface area contributed by atoms with Gasteiger partial charge < -0.3 is 10.5 Å². The lowest BCUT2D eigenvalue weighted by Crippen LogP contribution is -2.43. The zero-order valence-corrected chi connectivity index (χ0v) is 11.8. The Balaban J connectivity index is 2.28. The first kappa shape index (κ1) is 15.3. The maximum Gasteiger partial charge on any atom is 0.416 e. The van der Waals surface area contributed by atoms with E-state index in [9.17, 15) is 13.2 Å². The van der Waals surface area contributed by atoms with Gasteiger partial charge in [-0.25, -0.2) is 0 Å². The Morgan fingerprint density at radius 3 is 2.50 bits per heavy atom. The van der Waals surface area contributed by atoms with E-state index in [4.69, 9.17) is 10.5 Å². The lowest BCUT2D eigenvalue weighted by molar-refractivity contribution is -0.137. The molecule has 1 heterocycles. The van der Waals surface area contributed by atoms with Crippen LogP contribution in [0.3, 0.4) is 0 Å². The summed E-state index contributed by atoms with van der Waals surface area (Å²) in [6.07, 6.45) is -1.45. The summed E-state index contributed by atoms with van der Waals surface area (Å²) in [6, 6.07) is 3.31. The lowest BCUT2D eigenvalue weighted by Gasteiger charge is -2.39. The van der Waals surface area contributed by atoms with Crippen molar-refractivity contribution < 1.29 is 17.9 Å². The topological polar surface area (TPSA) is 35.2 Å². The third kappa shape index (κ3) is 2.99. The van der Waals surface area contributed by atoms with Crippen molar-refractivity contribution in [2.45, 2.75) is 50.9 Å². The van der Waals surface area contributed by atoms with E-state index >= 15 is 0 Å². The van der Waals surface area contributed by atoms with E-state index in [0.717, 1.165) is 37.0 Å². The average molecular weight is 287 g/mol. The molecule has 5 heteroatoms. The Kier molecular flexibility index (Phi) is 4.12. The van der Waals surface area contributed by atoms with Crippen LogP contribution in [-0.2, 0) is 10.9 Å². The van der Waals surface area contributed by atoms with Crippen LogP contribution in [0.2, 0.25) is 0 Å². The Morgan fingerprint density at radius 1 is 1.30 bits per heavy atom. The lowest BCUT2D eigenvalue weighted by atomic mass is 9.83. The van der Waals surface area contributed by atoms with E-state index in [2.05, 4.69) is 0 Å². The fourth-order valence-electron chi connectivity index (χ4n) is 2.73. The van der Waals surface area contributed by atoms with Gasteiger partial charge in [0, 0.05) is 6.61 Å². The molecule has 2 nitrogen and oxygen atoms in total. The summed E-state index contributed by atoms with van der Waals surface area (Å²) in [6.45, 7) is 4.26. The van der Waals surface area contributed by atoms with Crippen LogP contribution in [0.4, 0.5) is 13.2 Å². The number of benzene rings is 1. The number of ether oxygens (including phenoxy) is 1. The number of hydrogen-bond donors (Lipinski definition) is 1. The van der Waals surface area contributed by atoms with E-state index in [1.807, 2.05) is 6.92 Å². The van der Waals surface area contributed by atoms with E-state index in [-0.39, 0.29) is 0 Å². The van der Waals surface area contributed by atoms with Crippen LogP contribution in [0, 0.1) is 6.92 Å². The van der Waals surface area contributed by atoms with Crippen LogP contribution >= 0.6 is 0 Å². The highest BCUT2D eigenvalue weighted by molar-refractivity contribution is 5.35. The highest BCUT2D eigenvalue weighted by atomic mass is 19.4. The SMILES string of the molecule is Cc1cc(C(F)(F)F)ccc1C(N)C1(C)CCCCO1. The maximum atomic E-state index is 12.7. The molecule has 1 aliphatic rings. The van der Waals surface area contributed by atoms with Gasteiger partial charge in [0.1, 0.15) is 0 Å². The Labute approximate surface area is 117 Å². The van der Waals surface area contributed by atoms with Crippen molar-refractivity contribution in [1.82, 2.24) is 0 Å². The molecule has 0 amide bonds. The minimum Gasteiger partial charge on any atom is -0.373 e. The number of alkyl halides is 3. The molecule has 20 heavy (non-hydrogen) atoms. The van der Waals surface area contributed by atoms with Crippen molar-refractivity contribution in [2.75, 3.05) is 6.61 Å². The maximum absolute atomic E-state index is 12.7. The van der Waals surface area contributed by atoms with Crippen LogP contribution in [0.15, 0.2) is 18.2 Å². The monoisotopic (exact) mass is 287 g/mol. The normalized spacial score (nSPS) is 25.5. The van der Waals surface area contributed by atoms with E-state index in [1.165, 1.54) is 6.07 Å². The first-order valence-electron chi connectivity index (χ1n) is 6.81. The summed E-state index contributed by atoms with van der Waals surface area (Å²) in [5, 5.41) is 0. The standard InChI is InChI=1S/C15H20F3NO/c1-10-9-11(15(16,17)18)5-6-12(10)13(19)14(2)7-3-4-8-20-14/h5-6,9,13H,3-4,7-8,19H2,1-2H3. The number of hydrogen-bond acceptors (Lipinski definition) is 2. The Bertz CT molecular complexity index is 478. The molecule has 1 fully saturated rings. The molecule has 2 unspecified atom stereocenters. The molecule has 0 radical (unpaired) electrons. The molecule has 112 valence electrons. The Morgan fingerprint density at radius 2 is 2.00 bits per heavy atom. The minimum absolute atomic E-state index is 0.412. The van der Waals surface area contributed by atoms with Crippen molar-refractivity contribution in [1.29, 1.82) is 0 Å². The van der Waals surface area contributed by atoms with Gasteiger partial charge in [0.25, 0.3) is 0 Å². The van der Waals surface area contributed by atoms with Crippen LogP contribution in [0.1, 0.15) is 48.9 Å². The number of rotatable bonds is 2. The first-order chi connectivity index (χ1) is 9.24. The molecule has 1 aromatic rings. The van der Waals surface area contributed by atoms with E-state index in [1.54, 1.807) is 6.92 Å². The summed E-state index contributed by atoms with van der Waals surface area (Å²) in [5.41, 5.74) is 6.40. The van der Waals surface area contributed by atoms with Crippen molar-refractivity contribution in [3.8, 4) is 0 Å². The minimum atomic E-state index is -4.32. The van der Waals surface area contributed by atoms with Crippen molar-refractivity contribution in [3.63, 3.8) is 0 Å². The van der Waals surface area contributed by atoms with Gasteiger partial charge in [-0.05, 0) is 56.4 Å². The summed E-state index contributed by atoms with van der Waals surface area (Å²) in [7, 11) is 0. The van der Waals surface area contributed by atoms with Gasteiger partial charge in [-0.3, -0.25) is 0 Å². The second-order valence-corrected chi connectivity index (χ2v) is 5.67. The molecular formula is C15H20F3NO. The second-order valence-electron chi connectivity index (χ2n) is 5.67. The van der Waals surface area contributed by atoms with Crippen molar-refractivity contribution in [3.05, 3.63) is 34.9 Å². The number of nitrogens with two attached hydrogens (primary N) is 1. The largest absolute Gasteiger partial charge is 0.416 e. The zero-order valence-electron chi connectivity index (χ0n) is 11.8. The van der Waals surface area contributed by atoms with Gasteiger partial charge in [-0.1, -0.05) is 6.07 Å². The van der Waals surface area contributed by atoms with Gasteiger partial charge >= 0.3 is 6.18 Å². The molecule has 0 bridgehead atoms. The van der Waals surface area contributed by atoms with Gasteiger partial charge in [-0.2, -0.15) is 13.2 Å². The second kappa shape index (κ2) is 5.37. The van der Waals surface area contributed by atoms with Crippen LogP contribution in [0.25, 0.3) is 0 Å². The predicted octanol–water partition coefficient (Wildman–Crippen LogP) is 3.97. The smallest absolute Gasteiger partial charge is 0.373 e. The quantitative estimate of drug-likeness (QED) is 0.893. The van der Waals surface area contributed by atoms with Crippen LogP contribution in [-0.4, -0.2) is 12.2 Å². The van der Waals surface area contributed by atoms with Crippen LogP contribution in [0.5, 0.6) is 0 Å². The van der Waals surface area contributed by atoms with Gasteiger partial charge in [0.15, 0.2) is 0 Å². The van der Waals surface area contributed by atoms with Gasteiger partial charge in [-0.15, -0.1) is 0 Å². The highest BCUT2D eigenvalue weighted by Gasteiger charge is 2.37. The summed E-state index contributed by atoms with van der Waals surface area (Å²) < 4.78 is 43.8. The summed E-state index contributed by atoms with van der Waals surface area (Å²) in [4.78, 5) is 0. The molecule has 2 N–H and O–H groups in total. The van der Waals surface area contributed by atoms with E-state index in [0.29, 0.717) is 12.2 Å². The summed E-state index contributed by atoms with van der Waals surface area (Å²) in [5.74, 6) is 0. The zero-order chi connectivity index (χ0) is 15.0. The molecular weight excluding hydrogens is 267 g/mol. The van der Waals surface area contributed by atoms with Gasteiger partial charge in [0.05, 0.1) is 17.2 Å². The molecule has 0 aliphatic carbocycles. The average Bonchev–Trinajstić information content (AvgIpc) is 2.37. The van der Waals surface area contributed by atoms with Crippen LogP contribution < -0.4 is 5.73 Å². The molecule has 0 aromatic heterocycles. The molecule has 2 atom stereocenters. The third-order valence-electron chi connectivity index (χ3n) is 4.09. The fraction of sp³-hybridized carbons (Fsp3) is 0.600. The molecule has 0 saturated carbocycles. The highest BCUT2D eigenvalue weighted by Crippen LogP contribution is 2.38. The van der Waals surface area contributed by atoms with Gasteiger partial charge in [0.2, 0.25) is 0 Å². The van der Waals surface area contributed by atoms with E-state index < -0.39 is 23.4 Å². The van der Waals surface area contributed by atoms with Crippen molar-refractivity contribution >= 4 is 0 Å². The third-order valence-corrected chi connectivity index (χ3v) is 4.09.